The summed E-state index contributed by atoms with van der Waals surface area (Å²) < 4.78 is 6.50. The summed E-state index contributed by atoms with van der Waals surface area (Å²) in [7, 11) is 0. The smallest absolute Gasteiger partial charge is 0.307 e. The maximum atomic E-state index is 6.50. The minimum absolute atomic E-state index is 0.538. The molecule has 0 amide bonds. The molecule has 0 spiro atoms. The number of aromatic nitrogens is 1. The maximum Gasteiger partial charge on any atom is 0.307 e. The van der Waals surface area contributed by atoms with Gasteiger partial charge in [-0.15, -0.1) is 0 Å². The van der Waals surface area contributed by atoms with E-state index in [9.17, 15) is 0 Å². The van der Waals surface area contributed by atoms with Crippen LogP contribution < -0.4 is 4.90 Å². The SMILES string of the molecule is c1ccc(-c2ccc(N(c3ccc(-c4ccccc4)cc3)c3nc4ccc5ccccc5c4o3)cc2)cc1. The Balaban J connectivity index is 1.35. The topological polar surface area (TPSA) is 29.3 Å². The lowest BCUT2D eigenvalue weighted by Gasteiger charge is -2.21. The summed E-state index contributed by atoms with van der Waals surface area (Å²) >= 11 is 0. The van der Waals surface area contributed by atoms with Crippen LogP contribution >= 0.6 is 0 Å². The molecular weight excluding hydrogens is 464 g/mol. The minimum Gasteiger partial charge on any atom is -0.422 e. The van der Waals surface area contributed by atoms with Gasteiger partial charge in [0.1, 0.15) is 5.52 Å². The van der Waals surface area contributed by atoms with Crippen molar-refractivity contribution in [2.75, 3.05) is 4.90 Å². The Bertz CT molecular complexity index is 1760. The molecule has 0 aliphatic heterocycles. The lowest BCUT2D eigenvalue weighted by molar-refractivity contribution is 0.611. The van der Waals surface area contributed by atoms with Crippen molar-refractivity contribution in [2.45, 2.75) is 0 Å². The van der Waals surface area contributed by atoms with Gasteiger partial charge < -0.3 is 4.42 Å². The molecule has 0 unspecified atom stereocenters. The highest BCUT2D eigenvalue weighted by molar-refractivity contribution is 6.03. The molecule has 6 aromatic carbocycles. The van der Waals surface area contributed by atoms with Gasteiger partial charge in [0.05, 0.1) is 11.4 Å². The monoisotopic (exact) mass is 488 g/mol. The van der Waals surface area contributed by atoms with Crippen molar-refractivity contribution in [3.8, 4) is 22.3 Å². The second-order valence-corrected chi connectivity index (χ2v) is 9.29. The van der Waals surface area contributed by atoms with Gasteiger partial charge in [0.15, 0.2) is 5.58 Å². The van der Waals surface area contributed by atoms with E-state index in [1.165, 1.54) is 11.1 Å². The second kappa shape index (κ2) is 9.38. The molecule has 0 saturated heterocycles. The molecule has 0 saturated carbocycles. The van der Waals surface area contributed by atoms with Crippen LogP contribution in [0.3, 0.4) is 0 Å². The van der Waals surface area contributed by atoms with E-state index in [0.29, 0.717) is 6.01 Å². The molecule has 7 rings (SSSR count). The summed E-state index contributed by atoms with van der Waals surface area (Å²) in [6.45, 7) is 0. The van der Waals surface area contributed by atoms with Crippen molar-refractivity contribution in [3.05, 3.63) is 146 Å². The summed E-state index contributed by atoms with van der Waals surface area (Å²) in [5.41, 5.74) is 8.29. The van der Waals surface area contributed by atoms with Crippen molar-refractivity contribution >= 4 is 39.3 Å². The number of hydrogen-bond acceptors (Lipinski definition) is 3. The fourth-order valence-corrected chi connectivity index (χ4v) is 4.98. The van der Waals surface area contributed by atoms with E-state index in [1.54, 1.807) is 0 Å². The number of fused-ring (bicyclic) bond motifs is 3. The molecule has 3 nitrogen and oxygen atoms in total. The number of oxazole rings is 1. The number of anilines is 3. The third-order valence-corrected chi connectivity index (χ3v) is 6.92. The van der Waals surface area contributed by atoms with Crippen molar-refractivity contribution < 1.29 is 4.42 Å². The highest BCUT2D eigenvalue weighted by Crippen LogP contribution is 2.39. The Morgan fingerprint density at radius 2 is 0.947 bits per heavy atom. The third-order valence-electron chi connectivity index (χ3n) is 6.92. The average Bonchev–Trinajstić information content (AvgIpc) is 3.43. The summed E-state index contributed by atoms with van der Waals surface area (Å²) in [6.07, 6.45) is 0. The molecule has 1 heterocycles. The highest BCUT2D eigenvalue weighted by atomic mass is 16.4. The lowest BCUT2D eigenvalue weighted by Crippen LogP contribution is -2.10. The minimum atomic E-state index is 0.538. The normalized spacial score (nSPS) is 11.2. The van der Waals surface area contributed by atoms with Crippen LogP contribution in [0.2, 0.25) is 0 Å². The molecule has 3 heteroatoms. The van der Waals surface area contributed by atoms with Gasteiger partial charge in [-0.3, -0.25) is 4.90 Å². The predicted octanol–water partition coefficient (Wildman–Crippen LogP) is 9.78. The largest absolute Gasteiger partial charge is 0.422 e. The van der Waals surface area contributed by atoms with Crippen molar-refractivity contribution in [1.82, 2.24) is 4.98 Å². The summed E-state index contributed by atoms with van der Waals surface area (Å²) in [5.74, 6) is 0. The van der Waals surface area contributed by atoms with E-state index < -0.39 is 0 Å². The van der Waals surface area contributed by atoms with E-state index >= 15 is 0 Å². The van der Waals surface area contributed by atoms with E-state index in [4.69, 9.17) is 9.40 Å². The first kappa shape index (κ1) is 22.1. The Hall–Kier alpha value is -5.15. The summed E-state index contributed by atoms with van der Waals surface area (Å²) in [4.78, 5) is 7.02. The van der Waals surface area contributed by atoms with Crippen molar-refractivity contribution in [2.24, 2.45) is 0 Å². The van der Waals surface area contributed by atoms with E-state index in [2.05, 4.69) is 120 Å². The number of rotatable bonds is 5. The lowest BCUT2D eigenvalue weighted by atomic mass is 10.0. The highest BCUT2D eigenvalue weighted by Gasteiger charge is 2.20. The van der Waals surface area contributed by atoms with E-state index in [-0.39, 0.29) is 0 Å². The van der Waals surface area contributed by atoms with Crippen LogP contribution in [0.25, 0.3) is 44.1 Å². The first-order valence-corrected chi connectivity index (χ1v) is 12.7. The van der Waals surface area contributed by atoms with Crippen molar-refractivity contribution in [3.63, 3.8) is 0 Å². The van der Waals surface area contributed by atoms with E-state index in [0.717, 1.165) is 44.4 Å². The molecule has 0 radical (unpaired) electrons. The number of nitrogens with zero attached hydrogens (tertiary/aromatic N) is 2. The molecule has 7 aromatic rings. The van der Waals surface area contributed by atoms with E-state index in [1.807, 2.05) is 30.3 Å². The quantitative estimate of drug-likeness (QED) is 0.241. The van der Waals surface area contributed by atoms with Gasteiger partial charge in [0, 0.05) is 5.39 Å². The van der Waals surface area contributed by atoms with Gasteiger partial charge in [-0.05, 0) is 58.0 Å². The first-order chi connectivity index (χ1) is 18.8. The van der Waals surface area contributed by atoms with Crippen LogP contribution in [0.4, 0.5) is 17.4 Å². The fourth-order valence-electron chi connectivity index (χ4n) is 4.98. The molecule has 180 valence electrons. The molecule has 0 atom stereocenters. The molecular formula is C35H24N2O. The number of benzene rings is 6. The molecule has 0 aliphatic rings. The molecule has 38 heavy (non-hydrogen) atoms. The molecule has 0 aliphatic carbocycles. The molecule has 0 N–H and O–H groups in total. The fraction of sp³-hybridized carbons (Fsp3) is 0. The zero-order valence-corrected chi connectivity index (χ0v) is 20.7. The third kappa shape index (κ3) is 4.00. The molecule has 0 bridgehead atoms. The predicted molar refractivity (Wildman–Crippen MR) is 157 cm³/mol. The van der Waals surface area contributed by atoms with Crippen LogP contribution in [0.1, 0.15) is 0 Å². The van der Waals surface area contributed by atoms with Crippen LogP contribution in [0, 0.1) is 0 Å². The number of hydrogen-bond donors (Lipinski definition) is 0. The standard InChI is InChI=1S/C35H24N2O/c1-3-9-25(10-4-1)27-15-20-30(21-16-27)37(31-22-17-28(18-23-31)26-11-5-2-6-12-26)35-36-33-24-19-29-13-7-8-14-32(29)34(33)38-35/h1-24H. The Labute approximate surface area is 221 Å². The van der Waals surface area contributed by atoms with Gasteiger partial charge >= 0.3 is 6.01 Å². The zero-order chi connectivity index (χ0) is 25.3. The maximum absolute atomic E-state index is 6.50. The summed E-state index contributed by atoms with van der Waals surface area (Å²) in [5, 5.41) is 2.19. The molecule has 0 fully saturated rings. The zero-order valence-electron chi connectivity index (χ0n) is 20.7. The Morgan fingerprint density at radius 1 is 0.447 bits per heavy atom. The van der Waals surface area contributed by atoms with Crippen LogP contribution in [0.5, 0.6) is 0 Å². The summed E-state index contributed by atoms with van der Waals surface area (Å²) in [6, 6.07) is 50.8. The molecule has 1 aromatic heterocycles. The van der Waals surface area contributed by atoms with Crippen LogP contribution in [-0.2, 0) is 0 Å². The van der Waals surface area contributed by atoms with Gasteiger partial charge in [-0.25, -0.2) is 0 Å². The van der Waals surface area contributed by atoms with Gasteiger partial charge in [0.25, 0.3) is 0 Å². The Morgan fingerprint density at radius 3 is 1.53 bits per heavy atom. The van der Waals surface area contributed by atoms with Gasteiger partial charge in [-0.1, -0.05) is 115 Å². The Kier molecular flexibility index (Phi) is 5.45. The average molecular weight is 489 g/mol. The van der Waals surface area contributed by atoms with Gasteiger partial charge in [-0.2, -0.15) is 4.98 Å². The van der Waals surface area contributed by atoms with Crippen molar-refractivity contribution in [1.29, 1.82) is 0 Å². The second-order valence-electron chi connectivity index (χ2n) is 9.29. The first-order valence-electron chi connectivity index (χ1n) is 12.7. The van der Waals surface area contributed by atoms with Crippen LogP contribution in [-0.4, -0.2) is 4.98 Å². The van der Waals surface area contributed by atoms with Gasteiger partial charge in [0.2, 0.25) is 0 Å². The van der Waals surface area contributed by atoms with Crippen LogP contribution in [0.15, 0.2) is 150 Å².